The largest absolute Gasteiger partial charge is 0.350 e. The summed E-state index contributed by atoms with van der Waals surface area (Å²) < 4.78 is 22.1. The highest BCUT2D eigenvalue weighted by molar-refractivity contribution is 7.91. The maximum Gasteiger partial charge on any atom is 0.235 e. The number of hydrogen-bond donors (Lipinski definition) is 1. The van der Waals surface area contributed by atoms with E-state index in [-0.39, 0.29) is 17.4 Å². The van der Waals surface area contributed by atoms with Gasteiger partial charge in [-0.15, -0.1) is 23.2 Å². The summed E-state index contributed by atoms with van der Waals surface area (Å²) in [5, 5.41) is 1.91. The van der Waals surface area contributed by atoms with Crippen LogP contribution in [0.1, 0.15) is 0 Å². The van der Waals surface area contributed by atoms with E-state index in [4.69, 9.17) is 23.2 Å². The number of carbonyl (C=O) groups is 1. The molecule has 0 radical (unpaired) electrons. The van der Waals surface area contributed by atoms with Gasteiger partial charge >= 0.3 is 0 Å². The molecule has 0 aromatic carbocycles. The Hall–Kier alpha value is -0.000000000000000111. The van der Waals surface area contributed by atoms with Crippen molar-refractivity contribution in [2.24, 2.45) is 0 Å². The Morgan fingerprint density at radius 2 is 2.08 bits per heavy atom. The zero-order chi connectivity index (χ0) is 10.1. The van der Waals surface area contributed by atoms with E-state index in [9.17, 15) is 13.2 Å². The maximum absolute atomic E-state index is 11.1. The molecule has 0 bridgehead atoms. The summed E-state index contributed by atoms with van der Waals surface area (Å²) >= 11 is 11.0. The lowest BCUT2D eigenvalue weighted by Gasteiger charge is -2.12. The molecule has 1 rings (SSSR count). The van der Waals surface area contributed by atoms with E-state index < -0.39 is 27.2 Å². The first-order valence-electron chi connectivity index (χ1n) is 3.64. The van der Waals surface area contributed by atoms with Gasteiger partial charge in [0, 0.05) is 0 Å². The van der Waals surface area contributed by atoms with Gasteiger partial charge in [-0.2, -0.15) is 0 Å². The molecule has 13 heavy (non-hydrogen) atoms. The van der Waals surface area contributed by atoms with Crippen molar-refractivity contribution in [2.75, 3.05) is 17.4 Å². The Kier molecular flexibility index (Phi) is 3.43. The molecule has 0 saturated carbocycles. The molecule has 1 fully saturated rings. The van der Waals surface area contributed by atoms with Gasteiger partial charge in [0.1, 0.15) is 5.88 Å². The summed E-state index contributed by atoms with van der Waals surface area (Å²) in [6, 6.07) is -0.502. The van der Waals surface area contributed by atoms with Crippen molar-refractivity contribution < 1.29 is 13.2 Å². The second-order valence-electron chi connectivity index (χ2n) is 2.90. The Labute approximate surface area is 86.5 Å². The number of carbonyl (C=O) groups excluding carboxylic acids is 1. The van der Waals surface area contributed by atoms with Gasteiger partial charge in [0.2, 0.25) is 5.91 Å². The molecular weight excluding hydrogens is 237 g/mol. The first-order chi connectivity index (χ1) is 5.94. The van der Waals surface area contributed by atoms with Crippen molar-refractivity contribution in [3.8, 4) is 0 Å². The van der Waals surface area contributed by atoms with Crippen LogP contribution < -0.4 is 5.32 Å². The van der Waals surface area contributed by atoms with E-state index in [0.29, 0.717) is 0 Å². The summed E-state index contributed by atoms with van der Waals surface area (Å²) in [7, 11) is -3.09. The van der Waals surface area contributed by atoms with Crippen molar-refractivity contribution in [1.82, 2.24) is 5.32 Å². The fourth-order valence-corrected chi connectivity index (χ4v) is 3.81. The summed E-state index contributed by atoms with van der Waals surface area (Å²) in [6.45, 7) is 0. The summed E-state index contributed by atoms with van der Waals surface area (Å²) in [5.41, 5.74) is 0. The fourth-order valence-electron chi connectivity index (χ4n) is 1.18. The zero-order valence-electron chi connectivity index (χ0n) is 6.66. The topological polar surface area (TPSA) is 63.2 Å². The number of halogens is 2. The monoisotopic (exact) mass is 245 g/mol. The molecule has 4 nitrogen and oxygen atoms in total. The van der Waals surface area contributed by atoms with E-state index in [0.717, 1.165) is 0 Å². The predicted octanol–water partition coefficient (Wildman–Crippen LogP) is -0.254. The van der Waals surface area contributed by atoms with Gasteiger partial charge in [-0.05, 0) is 0 Å². The van der Waals surface area contributed by atoms with Crippen molar-refractivity contribution in [1.29, 1.82) is 0 Å². The second kappa shape index (κ2) is 4.02. The molecule has 1 aliphatic heterocycles. The summed E-state index contributed by atoms with van der Waals surface area (Å²) in [6.07, 6.45) is 0. The Balaban J connectivity index is 2.59. The lowest BCUT2D eigenvalue weighted by Crippen LogP contribution is -2.41. The van der Waals surface area contributed by atoms with Crippen LogP contribution in [-0.4, -0.2) is 43.1 Å². The van der Waals surface area contributed by atoms with E-state index >= 15 is 0 Å². The Bertz CT molecular complexity index is 303. The molecule has 2 atom stereocenters. The normalized spacial score (nSPS) is 31.5. The van der Waals surface area contributed by atoms with E-state index in [1.165, 1.54) is 0 Å². The van der Waals surface area contributed by atoms with Crippen LogP contribution >= 0.6 is 23.2 Å². The van der Waals surface area contributed by atoms with Gasteiger partial charge in [-0.3, -0.25) is 4.79 Å². The van der Waals surface area contributed by atoms with Crippen LogP contribution in [0.4, 0.5) is 0 Å². The molecule has 1 amide bonds. The lowest BCUT2D eigenvalue weighted by atomic mass is 10.2. The molecule has 76 valence electrons. The van der Waals surface area contributed by atoms with Crippen LogP contribution in [0.25, 0.3) is 0 Å². The van der Waals surface area contributed by atoms with Crippen LogP contribution in [0.15, 0.2) is 0 Å². The highest BCUT2D eigenvalue weighted by Gasteiger charge is 2.36. The van der Waals surface area contributed by atoms with Gasteiger partial charge in [-0.25, -0.2) is 8.42 Å². The van der Waals surface area contributed by atoms with Gasteiger partial charge in [0.05, 0.1) is 22.9 Å². The molecule has 1 saturated heterocycles. The smallest absolute Gasteiger partial charge is 0.235 e. The molecular formula is C6H9Cl2NO3S. The standard InChI is InChI=1S/C6H9Cl2NO3S/c7-1-6(10)9-5-3-13(11,12)2-4(5)8/h4-5H,1-3H2,(H,9,10)/t4-,5+/m1/s1. The van der Waals surface area contributed by atoms with Crippen molar-refractivity contribution in [3.63, 3.8) is 0 Å². The number of rotatable bonds is 2. The SMILES string of the molecule is O=C(CCl)N[C@H]1CS(=O)(=O)C[C@H]1Cl. The van der Waals surface area contributed by atoms with Crippen LogP contribution in [0, 0.1) is 0 Å². The minimum Gasteiger partial charge on any atom is -0.350 e. The number of nitrogens with one attached hydrogen (secondary N) is 1. The quantitative estimate of drug-likeness (QED) is 0.683. The average molecular weight is 246 g/mol. The average Bonchev–Trinajstić information content (AvgIpc) is 2.24. The maximum atomic E-state index is 11.1. The number of alkyl halides is 2. The van der Waals surface area contributed by atoms with Gasteiger partial charge in [-0.1, -0.05) is 0 Å². The van der Waals surface area contributed by atoms with E-state index in [2.05, 4.69) is 5.32 Å². The molecule has 0 spiro atoms. The van der Waals surface area contributed by atoms with Gasteiger partial charge < -0.3 is 5.32 Å². The zero-order valence-corrected chi connectivity index (χ0v) is 8.99. The highest BCUT2D eigenvalue weighted by Crippen LogP contribution is 2.17. The van der Waals surface area contributed by atoms with Crippen LogP contribution in [0.3, 0.4) is 0 Å². The molecule has 0 unspecified atom stereocenters. The molecule has 1 heterocycles. The third-order valence-electron chi connectivity index (χ3n) is 1.75. The first-order valence-corrected chi connectivity index (χ1v) is 6.43. The van der Waals surface area contributed by atoms with Crippen LogP contribution in [0.2, 0.25) is 0 Å². The lowest BCUT2D eigenvalue weighted by molar-refractivity contribution is -0.119. The van der Waals surface area contributed by atoms with E-state index in [1.807, 2.05) is 0 Å². The molecule has 7 heteroatoms. The van der Waals surface area contributed by atoms with Gasteiger partial charge in [0.15, 0.2) is 9.84 Å². The van der Waals surface area contributed by atoms with Crippen LogP contribution in [-0.2, 0) is 14.6 Å². The molecule has 1 N–H and O–H groups in total. The Morgan fingerprint density at radius 1 is 1.46 bits per heavy atom. The Morgan fingerprint density at radius 3 is 2.46 bits per heavy atom. The van der Waals surface area contributed by atoms with Crippen molar-refractivity contribution in [2.45, 2.75) is 11.4 Å². The third-order valence-corrected chi connectivity index (χ3v) is 4.37. The number of hydrogen-bond acceptors (Lipinski definition) is 3. The van der Waals surface area contributed by atoms with Gasteiger partial charge in [0.25, 0.3) is 0 Å². The molecule has 0 aliphatic carbocycles. The summed E-state index contributed by atoms with van der Waals surface area (Å²) in [5.74, 6) is -0.749. The highest BCUT2D eigenvalue weighted by atomic mass is 35.5. The third kappa shape index (κ3) is 3.00. The number of sulfone groups is 1. The molecule has 0 aromatic heterocycles. The van der Waals surface area contributed by atoms with Crippen LogP contribution in [0.5, 0.6) is 0 Å². The number of amides is 1. The predicted molar refractivity (Wildman–Crippen MR) is 50.9 cm³/mol. The summed E-state index contributed by atoms with van der Waals surface area (Å²) in [4.78, 5) is 10.8. The molecule has 0 aromatic rings. The minimum absolute atomic E-state index is 0.0816. The second-order valence-corrected chi connectivity index (χ2v) is 5.88. The van der Waals surface area contributed by atoms with Crippen molar-refractivity contribution in [3.05, 3.63) is 0 Å². The first kappa shape index (κ1) is 11.1. The van der Waals surface area contributed by atoms with Crippen molar-refractivity contribution >= 4 is 38.9 Å². The minimum atomic E-state index is -3.09. The molecule has 1 aliphatic rings. The van der Waals surface area contributed by atoms with E-state index in [1.54, 1.807) is 0 Å². The fraction of sp³-hybridized carbons (Fsp3) is 0.833.